The van der Waals surface area contributed by atoms with Gasteiger partial charge in [0.25, 0.3) is 0 Å². The Balaban J connectivity index is 2.67. The number of hydrogen-bond donors (Lipinski definition) is 0. The molecule has 2 rings (SSSR count). The smallest absolute Gasteiger partial charge is 0.171 e. The molecule has 4 heteroatoms. The van der Waals surface area contributed by atoms with Crippen LogP contribution >= 0.6 is 0 Å². The normalized spacial score (nSPS) is 10.6. The van der Waals surface area contributed by atoms with E-state index in [2.05, 4.69) is 15.1 Å². The largest absolute Gasteiger partial charge is 0.236 e. The van der Waals surface area contributed by atoms with Crippen LogP contribution in [0.5, 0.6) is 0 Å². The molecule has 2 heterocycles. The van der Waals surface area contributed by atoms with Crippen molar-refractivity contribution < 1.29 is 0 Å². The lowest BCUT2D eigenvalue weighted by Crippen LogP contribution is -1.98. The van der Waals surface area contributed by atoms with E-state index in [-0.39, 0.29) is 0 Å². The second-order valence-corrected chi connectivity index (χ2v) is 2.26. The number of aromatic nitrogens is 4. The Hall–Kier alpha value is -1.45. The monoisotopic (exact) mass is 148 g/mol. The summed E-state index contributed by atoms with van der Waals surface area (Å²) in [6.07, 6.45) is 6.11. The van der Waals surface area contributed by atoms with Gasteiger partial charge in [-0.1, -0.05) is 6.92 Å². The van der Waals surface area contributed by atoms with Gasteiger partial charge < -0.3 is 0 Å². The fourth-order valence-corrected chi connectivity index (χ4v) is 0.930. The first kappa shape index (κ1) is 6.27. The lowest BCUT2D eigenvalue weighted by Gasteiger charge is -1.94. The Kier molecular flexibility index (Phi) is 1.31. The summed E-state index contributed by atoms with van der Waals surface area (Å²) in [4.78, 5) is 8.14. The Morgan fingerprint density at radius 1 is 1.45 bits per heavy atom. The predicted octanol–water partition coefficient (Wildman–Crippen LogP) is 0.687. The average molecular weight is 148 g/mol. The van der Waals surface area contributed by atoms with E-state index in [9.17, 15) is 0 Å². The van der Waals surface area contributed by atoms with Gasteiger partial charge in [-0.3, -0.25) is 0 Å². The van der Waals surface area contributed by atoms with Gasteiger partial charge in [-0.05, 0) is 0 Å². The molecular weight excluding hydrogens is 140 g/mol. The molecule has 0 aliphatic rings. The fraction of sp³-hybridized carbons (Fsp3) is 0.286. The highest BCUT2D eigenvalue weighted by atomic mass is 15.3. The topological polar surface area (TPSA) is 43.1 Å². The summed E-state index contributed by atoms with van der Waals surface area (Å²) in [5, 5.41) is 4.20. The fourth-order valence-electron chi connectivity index (χ4n) is 0.930. The second-order valence-electron chi connectivity index (χ2n) is 2.26. The maximum Gasteiger partial charge on any atom is 0.171 e. The van der Waals surface area contributed by atoms with Crippen LogP contribution in [0.25, 0.3) is 5.65 Å². The molecule has 2 aromatic rings. The van der Waals surface area contributed by atoms with Crippen molar-refractivity contribution >= 4 is 5.65 Å². The summed E-state index contributed by atoms with van der Waals surface area (Å²) >= 11 is 0. The van der Waals surface area contributed by atoms with Crippen molar-refractivity contribution in [2.75, 3.05) is 0 Å². The zero-order valence-corrected chi connectivity index (χ0v) is 6.23. The number of aryl methyl sites for hydroxylation is 1. The average Bonchev–Trinajstić information content (AvgIpc) is 2.50. The van der Waals surface area contributed by atoms with Crippen LogP contribution in [0.1, 0.15) is 12.7 Å². The highest BCUT2D eigenvalue weighted by Gasteiger charge is 1.95. The molecule has 0 aliphatic heterocycles. The van der Waals surface area contributed by atoms with Crippen LogP contribution in [0, 0.1) is 0 Å². The SMILES string of the molecule is CCc1ncc2nccn2n1. The highest BCUT2D eigenvalue weighted by molar-refractivity contribution is 5.32. The quantitative estimate of drug-likeness (QED) is 0.597. The molecule has 11 heavy (non-hydrogen) atoms. The van der Waals surface area contributed by atoms with Crippen LogP contribution in [0.15, 0.2) is 18.6 Å². The molecular formula is C7H8N4. The number of rotatable bonds is 1. The van der Waals surface area contributed by atoms with Crippen molar-refractivity contribution in [2.45, 2.75) is 13.3 Å². The van der Waals surface area contributed by atoms with Crippen molar-refractivity contribution in [1.82, 2.24) is 19.6 Å². The molecule has 4 nitrogen and oxygen atoms in total. The van der Waals surface area contributed by atoms with Crippen LogP contribution in [-0.2, 0) is 6.42 Å². The molecule has 0 aromatic carbocycles. The van der Waals surface area contributed by atoms with E-state index < -0.39 is 0 Å². The van der Waals surface area contributed by atoms with Crippen LogP contribution in [-0.4, -0.2) is 19.6 Å². The third-order valence-corrected chi connectivity index (χ3v) is 1.52. The molecule has 0 fully saturated rings. The number of imidazole rings is 1. The minimum Gasteiger partial charge on any atom is -0.236 e. The first-order chi connectivity index (χ1) is 5.40. The summed E-state index contributed by atoms with van der Waals surface area (Å²) in [5.41, 5.74) is 0.794. The zero-order chi connectivity index (χ0) is 7.68. The van der Waals surface area contributed by atoms with Crippen LogP contribution in [0.3, 0.4) is 0 Å². The summed E-state index contributed by atoms with van der Waals surface area (Å²) in [6, 6.07) is 0. The number of nitrogens with zero attached hydrogens (tertiary/aromatic N) is 4. The first-order valence-electron chi connectivity index (χ1n) is 3.55. The highest BCUT2D eigenvalue weighted by Crippen LogP contribution is 1.96. The molecule has 0 atom stereocenters. The van der Waals surface area contributed by atoms with Crippen molar-refractivity contribution in [3.63, 3.8) is 0 Å². The second kappa shape index (κ2) is 2.30. The van der Waals surface area contributed by atoms with E-state index >= 15 is 0 Å². The molecule has 0 N–H and O–H groups in total. The molecule has 0 unspecified atom stereocenters. The van der Waals surface area contributed by atoms with Crippen molar-refractivity contribution in [3.8, 4) is 0 Å². The number of fused-ring (bicyclic) bond motifs is 1. The van der Waals surface area contributed by atoms with Gasteiger partial charge in [-0.2, -0.15) is 5.10 Å². The minimum atomic E-state index is 0.794. The summed E-state index contributed by atoms with van der Waals surface area (Å²) in [7, 11) is 0. The van der Waals surface area contributed by atoms with Gasteiger partial charge in [-0.25, -0.2) is 14.5 Å². The Morgan fingerprint density at radius 2 is 2.36 bits per heavy atom. The van der Waals surface area contributed by atoms with Gasteiger partial charge >= 0.3 is 0 Å². The van der Waals surface area contributed by atoms with Crippen LogP contribution in [0.2, 0.25) is 0 Å². The van der Waals surface area contributed by atoms with Crippen molar-refractivity contribution in [3.05, 3.63) is 24.4 Å². The summed E-state index contributed by atoms with van der Waals surface area (Å²) in [5.74, 6) is 0.843. The van der Waals surface area contributed by atoms with Gasteiger partial charge in [-0.15, -0.1) is 0 Å². The van der Waals surface area contributed by atoms with Crippen LogP contribution in [0.4, 0.5) is 0 Å². The van der Waals surface area contributed by atoms with Gasteiger partial charge in [0, 0.05) is 18.8 Å². The number of hydrogen-bond acceptors (Lipinski definition) is 3. The van der Waals surface area contributed by atoms with Crippen molar-refractivity contribution in [1.29, 1.82) is 0 Å². The van der Waals surface area contributed by atoms with E-state index in [0.717, 1.165) is 17.9 Å². The predicted molar refractivity (Wildman–Crippen MR) is 40.2 cm³/mol. The molecule has 56 valence electrons. The van der Waals surface area contributed by atoms with Gasteiger partial charge in [0.15, 0.2) is 5.65 Å². The molecule has 0 radical (unpaired) electrons. The molecule has 0 bridgehead atoms. The lowest BCUT2D eigenvalue weighted by molar-refractivity contribution is 0.809. The molecule has 2 aromatic heterocycles. The maximum absolute atomic E-state index is 4.20. The van der Waals surface area contributed by atoms with Crippen molar-refractivity contribution in [2.24, 2.45) is 0 Å². The molecule has 0 saturated heterocycles. The standard InChI is InChI=1S/C7H8N4/c1-2-6-9-5-7-8-3-4-11(7)10-6/h3-5H,2H2,1H3. The minimum absolute atomic E-state index is 0.794. The first-order valence-corrected chi connectivity index (χ1v) is 3.55. The van der Waals surface area contributed by atoms with E-state index in [1.54, 1.807) is 16.9 Å². The molecule has 0 spiro atoms. The Morgan fingerprint density at radius 3 is 3.18 bits per heavy atom. The maximum atomic E-state index is 4.20. The third kappa shape index (κ3) is 0.960. The van der Waals surface area contributed by atoms with Gasteiger partial charge in [0.2, 0.25) is 0 Å². The zero-order valence-electron chi connectivity index (χ0n) is 6.23. The van der Waals surface area contributed by atoms with Gasteiger partial charge in [0.1, 0.15) is 5.82 Å². The van der Waals surface area contributed by atoms with E-state index in [0.29, 0.717) is 0 Å². The van der Waals surface area contributed by atoms with Gasteiger partial charge in [0.05, 0.1) is 6.20 Å². The van der Waals surface area contributed by atoms with E-state index in [1.807, 2.05) is 13.1 Å². The molecule has 0 saturated carbocycles. The summed E-state index contributed by atoms with van der Waals surface area (Å²) in [6.45, 7) is 2.03. The molecule has 0 amide bonds. The summed E-state index contributed by atoms with van der Waals surface area (Å²) < 4.78 is 1.73. The Bertz CT molecular complexity index is 365. The van der Waals surface area contributed by atoms with E-state index in [4.69, 9.17) is 0 Å². The molecule has 0 aliphatic carbocycles. The van der Waals surface area contributed by atoms with Crippen LogP contribution < -0.4 is 0 Å². The van der Waals surface area contributed by atoms with E-state index in [1.165, 1.54) is 0 Å². The third-order valence-electron chi connectivity index (χ3n) is 1.52. The lowest BCUT2D eigenvalue weighted by atomic mass is 10.5. The Labute approximate surface area is 63.9 Å².